The van der Waals surface area contributed by atoms with E-state index in [4.69, 9.17) is 18.9 Å². The van der Waals surface area contributed by atoms with Crippen molar-refractivity contribution >= 4 is 34.0 Å². The van der Waals surface area contributed by atoms with Gasteiger partial charge in [0.1, 0.15) is 22.3 Å². The molecule has 0 bridgehead atoms. The fourth-order valence-corrected chi connectivity index (χ4v) is 4.30. The van der Waals surface area contributed by atoms with Crippen molar-refractivity contribution in [2.75, 3.05) is 26.1 Å². The number of carbonyl (C=O) groups is 1. The van der Waals surface area contributed by atoms with Crippen LogP contribution in [0.1, 0.15) is 17.4 Å². The number of aromatic nitrogens is 4. The molecule has 0 aliphatic heterocycles. The lowest BCUT2D eigenvalue weighted by Gasteiger charge is -2.12. The van der Waals surface area contributed by atoms with E-state index in [1.165, 1.54) is 17.5 Å². The Balaban J connectivity index is 1.34. The molecule has 0 atom stereocenters. The summed E-state index contributed by atoms with van der Waals surface area (Å²) in [4.78, 5) is 21.7. The Kier molecular flexibility index (Phi) is 6.86. The third kappa shape index (κ3) is 5.02. The molecule has 1 N–H and O–H groups in total. The number of hydrogen-bond donors (Lipinski definition) is 1. The standard InChI is InChI=1S/C26H23N5O5S/c1-4-35-22-15-31(24-6-5-11-37-24)30-25(22)26(32)29-23-8-7-16(14-28-23)36-19-9-10-27-18-13-21(34-3)20(33-2)12-17(18)19/h5-15H,4H2,1-3H3,(H,28,29,32). The summed E-state index contributed by atoms with van der Waals surface area (Å²) in [6, 6.07) is 12.5. The molecule has 0 saturated heterocycles. The first-order valence-corrected chi connectivity index (χ1v) is 12.2. The van der Waals surface area contributed by atoms with Crippen LogP contribution in [0.3, 0.4) is 0 Å². The minimum Gasteiger partial charge on any atom is -0.493 e. The minimum absolute atomic E-state index is 0.171. The van der Waals surface area contributed by atoms with E-state index in [-0.39, 0.29) is 5.69 Å². The second-order valence-corrected chi connectivity index (χ2v) is 8.57. The number of amides is 1. The molecule has 0 aliphatic carbocycles. The second-order valence-electron chi connectivity index (χ2n) is 7.64. The van der Waals surface area contributed by atoms with Crippen LogP contribution < -0.4 is 24.3 Å². The maximum Gasteiger partial charge on any atom is 0.281 e. The van der Waals surface area contributed by atoms with Gasteiger partial charge >= 0.3 is 0 Å². The van der Waals surface area contributed by atoms with Crippen LogP contribution in [0.15, 0.2) is 66.4 Å². The van der Waals surface area contributed by atoms with Gasteiger partial charge in [0, 0.05) is 17.6 Å². The van der Waals surface area contributed by atoms with Crippen molar-refractivity contribution in [1.29, 1.82) is 0 Å². The maximum atomic E-state index is 13.0. The summed E-state index contributed by atoms with van der Waals surface area (Å²) in [5.74, 6) is 2.51. The number of nitrogens with one attached hydrogen (secondary N) is 1. The van der Waals surface area contributed by atoms with Crippen molar-refractivity contribution in [1.82, 2.24) is 19.7 Å². The molecular weight excluding hydrogens is 494 g/mol. The van der Waals surface area contributed by atoms with Crippen LogP contribution in [0.2, 0.25) is 0 Å². The van der Waals surface area contributed by atoms with Crippen LogP contribution in [0, 0.1) is 0 Å². The number of hydrogen-bond acceptors (Lipinski definition) is 9. The predicted molar refractivity (Wildman–Crippen MR) is 140 cm³/mol. The Morgan fingerprint density at radius 2 is 1.86 bits per heavy atom. The molecule has 1 amide bonds. The average molecular weight is 518 g/mol. The molecule has 0 radical (unpaired) electrons. The molecule has 0 fully saturated rings. The Labute approximate surface area is 216 Å². The smallest absolute Gasteiger partial charge is 0.281 e. The topological polar surface area (TPSA) is 110 Å². The van der Waals surface area contributed by atoms with Gasteiger partial charge < -0.3 is 24.3 Å². The summed E-state index contributed by atoms with van der Waals surface area (Å²) in [6.07, 6.45) is 4.87. The lowest BCUT2D eigenvalue weighted by Crippen LogP contribution is -2.15. The number of benzene rings is 1. The summed E-state index contributed by atoms with van der Waals surface area (Å²) in [6.45, 7) is 2.26. The zero-order valence-electron chi connectivity index (χ0n) is 20.3. The van der Waals surface area contributed by atoms with Crippen molar-refractivity contribution < 1.29 is 23.7 Å². The van der Waals surface area contributed by atoms with Gasteiger partial charge in [0.15, 0.2) is 22.9 Å². The molecule has 0 saturated carbocycles. The molecule has 4 heterocycles. The summed E-state index contributed by atoms with van der Waals surface area (Å²) < 4.78 is 24.1. The largest absolute Gasteiger partial charge is 0.493 e. The highest BCUT2D eigenvalue weighted by molar-refractivity contribution is 7.12. The number of thiophene rings is 1. The molecule has 11 heteroatoms. The Bertz CT molecular complexity index is 1530. The fourth-order valence-electron chi connectivity index (χ4n) is 3.64. The molecule has 1 aromatic carbocycles. The van der Waals surface area contributed by atoms with Crippen molar-refractivity contribution in [3.63, 3.8) is 0 Å². The number of ether oxygens (including phenoxy) is 4. The molecule has 4 aromatic heterocycles. The SMILES string of the molecule is CCOc1cn(-c2cccs2)nc1C(=O)Nc1ccc(Oc2ccnc3cc(OC)c(OC)cc23)cn1. The van der Waals surface area contributed by atoms with Crippen LogP contribution in [0.5, 0.6) is 28.7 Å². The number of pyridine rings is 2. The van der Waals surface area contributed by atoms with Crippen LogP contribution in [0.4, 0.5) is 5.82 Å². The Morgan fingerprint density at radius 1 is 1.03 bits per heavy atom. The summed E-state index contributed by atoms with van der Waals surface area (Å²) in [5.41, 5.74) is 0.865. The van der Waals surface area contributed by atoms with Crippen LogP contribution >= 0.6 is 11.3 Å². The highest BCUT2D eigenvalue weighted by atomic mass is 32.1. The third-order valence-corrected chi connectivity index (χ3v) is 6.20. The van der Waals surface area contributed by atoms with Gasteiger partial charge in [-0.15, -0.1) is 11.3 Å². The monoisotopic (exact) mass is 517 g/mol. The summed E-state index contributed by atoms with van der Waals surface area (Å²) in [5, 5.41) is 10.7. The van der Waals surface area contributed by atoms with E-state index in [1.807, 2.05) is 30.5 Å². The minimum atomic E-state index is -0.430. The molecule has 5 rings (SSSR count). The third-order valence-electron chi connectivity index (χ3n) is 5.34. The Hall–Kier alpha value is -4.64. The molecule has 0 spiro atoms. The maximum absolute atomic E-state index is 13.0. The van der Waals surface area contributed by atoms with Gasteiger partial charge in [0.05, 0.1) is 38.7 Å². The Morgan fingerprint density at radius 3 is 2.57 bits per heavy atom. The normalized spacial score (nSPS) is 10.8. The zero-order valence-corrected chi connectivity index (χ0v) is 21.1. The number of nitrogens with zero attached hydrogens (tertiary/aromatic N) is 4. The number of fused-ring (bicyclic) bond motifs is 1. The van der Waals surface area contributed by atoms with Crippen molar-refractivity contribution in [3.05, 3.63) is 72.1 Å². The first-order valence-electron chi connectivity index (χ1n) is 11.3. The van der Waals surface area contributed by atoms with Gasteiger partial charge in [-0.05, 0) is 48.7 Å². The van der Waals surface area contributed by atoms with E-state index in [1.54, 1.807) is 55.6 Å². The van der Waals surface area contributed by atoms with Gasteiger partial charge in [-0.3, -0.25) is 9.78 Å². The van der Waals surface area contributed by atoms with E-state index in [0.717, 1.165) is 10.4 Å². The molecule has 37 heavy (non-hydrogen) atoms. The lowest BCUT2D eigenvalue weighted by molar-refractivity contribution is 0.101. The fraction of sp³-hybridized carbons (Fsp3) is 0.154. The van der Waals surface area contributed by atoms with Gasteiger partial charge in [-0.1, -0.05) is 0 Å². The summed E-state index contributed by atoms with van der Waals surface area (Å²) >= 11 is 1.51. The van der Waals surface area contributed by atoms with Crippen LogP contribution in [0.25, 0.3) is 15.9 Å². The van der Waals surface area contributed by atoms with E-state index >= 15 is 0 Å². The van der Waals surface area contributed by atoms with Gasteiger partial charge in [-0.2, -0.15) is 5.10 Å². The highest BCUT2D eigenvalue weighted by Crippen LogP contribution is 2.36. The van der Waals surface area contributed by atoms with Gasteiger partial charge in [0.2, 0.25) is 0 Å². The number of rotatable bonds is 9. The average Bonchev–Trinajstić information content (AvgIpc) is 3.60. The summed E-state index contributed by atoms with van der Waals surface area (Å²) in [7, 11) is 3.14. The van der Waals surface area contributed by atoms with Crippen molar-refractivity contribution in [3.8, 4) is 33.7 Å². The lowest BCUT2D eigenvalue weighted by atomic mass is 10.2. The molecule has 0 unspecified atom stereocenters. The molecular formula is C26H23N5O5S. The first kappa shape index (κ1) is 24.1. The van der Waals surface area contributed by atoms with Gasteiger partial charge in [0.25, 0.3) is 5.91 Å². The molecule has 5 aromatic rings. The molecule has 0 aliphatic rings. The molecule has 10 nitrogen and oxygen atoms in total. The van der Waals surface area contributed by atoms with E-state index < -0.39 is 5.91 Å². The van der Waals surface area contributed by atoms with E-state index in [9.17, 15) is 4.79 Å². The van der Waals surface area contributed by atoms with E-state index in [0.29, 0.717) is 46.7 Å². The quantitative estimate of drug-likeness (QED) is 0.279. The first-order chi connectivity index (χ1) is 18.1. The van der Waals surface area contributed by atoms with Crippen molar-refractivity contribution in [2.24, 2.45) is 0 Å². The van der Waals surface area contributed by atoms with Crippen LogP contribution in [-0.2, 0) is 0 Å². The number of anilines is 1. The highest BCUT2D eigenvalue weighted by Gasteiger charge is 2.20. The second kappa shape index (κ2) is 10.5. The number of carbonyl (C=O) groups excluding carboxylic acids is 1. The number of methoxy groups -OCH3 is 2. The van der Waals surface area contributed by atoms with E-state index in [2.05, 4.69) is 20.4 Å². The van der Waals surface area contributed by atoms with Crippen molar-refractivity contribution in [2.45, 2.75) is 6.92 Å². The zero-order chi connectivity index (χ0) is 25.8. The van der Waals surface area contributed by atoms with Gasteiger partial charge in [-0.25, -0.2) is 9.67 Å². The van der Waals surface area contributed by atoms with Crippen LogP contribution in [-0.4, -0.2) is 46.5 Å². The predicted octanol–water partition coefficient (Wildman–Crippen LogP) is 5.34. The molecule has 188 valence electrons.